The summed E-state index contributed by atoms with van der Waals surface area (Å²) in [7, 11) is -3.88. The van der Waals surface area contributed by atoms with Crippen molar-refractivity contribution in [2.45, 2.75) is 17.0 Å². The van der Waals surface area contributed by atoms with Gasteiger partial charge in [0.1, 0.15) is 4.90 Å². The highest BCUT2D eigenvalue weighted by molar-refractivity contribution is 7.89. The van der Waals surface area contributed by atoms with E-state index >= 15 is 0 Å². The van der Waals surface area contributed by atoms with Gasteiger partial charge in [-0.1, -0.05) is 48.5 Å². The van der Waals surface area contributed by atoms with Gasteiger partial charge in [-0.2, -0.15) is 0 Å². The van der Waals surface area contributed by atoms with Gasteiger partial charge in [0, 0.05) is 24.2 Å². The summed E-state index contributed by atoms with van der Waals surface area (Å²) in [5.74, 6) is -0.501. The van der Waals surface area contributed by atoms with Crippen LogP contribution >= 0.6 is 0 Å². The van der Waals surface area contributed by atoms with Crippen LogP contribution in [0.15, 0.2) is 89.8 Å². The largest absolute Gasteiger partial charge is 0.335 e. The van der Waals surface area contributed by atoms with Gasteiger partial charge < -0.3 is 9.80 Å². The van der Waals surface area contributed by atoms with Gasteiger partial charge in [0.2, 0.25) is 10.0 Å². The summed E-state index contributed by atoms with van der Waals surface area (Å²) >= 11 is 0. The molecule has 0 aliphatic carbocycles. The van der Waals surface area contributed by atoms with Crippen LogP contribution in [-0.4, -0.2) is 50.3 Å². The molecule has 8 heteroatoms. The molecular weight excluding hydrogens is 426 g/mol. The van der Waals surface area contributed by atoms with Crippen LogP contribution in [0.4, 0.5) is 5.69 Å². The van der Waals surface area contributed by atoms with Gasteiger partial charge in [-0.15, -0.1) is 0 Å². The lowest BCUT2D eigenvalue weighted by Crippen LogP contribution is -2.51. The van der Waals surface area contributed by atoms with E-state index in [0.717, 1.165) is 0 Å². The van der Waals surface area contributed by atoms with Crippen molar-refractivity contribution in [3.63, 3.8) is 0 Å². The summed E-state index contributed by atoms with van der Waals surface area (Å²) in [6, 6.07) is 22.9. The summed E-state index contributed by atoms with van der Waals surface area (Å²) in [4.78, 5) is 29.9. The Labute approximate surface area is 186 Å². The van der Waals surface area contributed by atoms with Crippen molar-refractivity contribution in [1.82, 2.24) is 9.62 Å². The average molecular weight is 448 g/mol. The van der Waals surface area contributed by atoms with Gasteiger partial charge in [0.05, 0.1) is 17.8 Å². The fourth-order valence-electron chi connectivity index (χ4n) is 4.40. The molecule has 0 radical (unpaired) electrons. The Morgan fingerprint density at radius 1 is 0.750 bits per heavy atom. The lowest BCUT2D eigenvalue weighted by Gasteiger charge is -2.30. The fraction of sp³-hybridized carbons (Fsp3) is 0.167. The van der Waals surface area contributed by atoms with Crippen LogP contribution in [0.1, 0.15) is 20.7 Å². The van der Waals surface area contributed by atoms with Crippen molar-refractivity contribution >= 4 is 27.5 Å². The third-order valence-corrected chi connectivity index (χ3v) is 7.43. The molecule has 2 atom stereocenters. The molecule has 3 aromatic rings. The van der Waals surface area contributed by atoms with Gasteiger partial charge in [0.25, 0.3) is 11.8 Å². The highest BCUT2D eigenvalue weighted by Gasteiger charge is 2.47. The molecule has 2 heterocycles. The minimum absolute atomic E-state index is 0.0552. The minimum atomic E-state index is -3.88. The Kier molecular flexibility index (Phi) is 5.03. The van der Waals surface area contributed by atoms with Gasteiger partial charge >= 0.3 is 0 Å². The number of hydrogen-bond acceptors (Lipinski definition) is 4. The second-order valence-electron chi connectivity index (χ2n) is 7.88. The molecular formula is C24H21N3O4S. The normalized spacial score (nSPS) is 21.4. The van der Waals surface area contributed by atoms with Crippen LogP contribution in [0.3, 0.4) is 0 Å². The molecule has 1 saturated heterocycles. The highest BCUT2D eigenvalue weighted by atomic mass is 32.2. The molecule has 2 amide bonds. The van der Waals surface area contributed by atoms with E-state index in [0.29, 0.717) is 16.8 Å². The number of fused-ring (bicyclic) bond motifs is 2. The van der Waals surface area contributed by atoms with Crippen molar-refractivity contribution in [1.29, 1.82) is 0 Å². The van der Waals surface area contributed by atoms with Crippen LogP contribution < -0.4 is 9.62 Å². The number of rotatable bonds is 2. The Bertz CT molecular complexity index is 1280. The van der Waals surface area contributed by atoms with Crippen LogP contribution in [0.2, 0.25) is 0 Å². The molecule has 2 aliphatic rings. The minimum Gasteiger partial charge on any atom is -0.335 e. The SMILES string of the molecule is O=C(c1ccccc1)N1CC2NS(=O)(=O)c3ccccc3N(C(=O)c3ccccc3)C2C1. The fourth-order valence-corrected chi connectivity index (χ4v) is 5.85. The van der Waals surface area contributed by atoms with Gasteiger partial charge in [-0.05, 0) is 36.4 Å². The number of hydrogen-bond donors (Lipinski definition) is 1. The Morgan fingerprint density at radius 2 is 1.31 bits per heavy atom. The number of sulfonamides is 1. The first-order valence-corrected chi connectivity index (χ1v) is 11.8. The second kappa shape index (κ2) is 7.89. The molecule has 5 rings (SSSR count). The first kappa shape index (κ1) is 20.4. The quantitative estimate of drug-likeness (QED) is 0.654. The number of likely N-dealkylation sites (tertiary alicyclic amines) is 1. The summed E-state index contributed by atoms with van der Waals surface area (Å²) in [5.41, 5.74) is 1.29. The number of amides is 2. The van der Waals surface area contributed by atoms with Crippen LogP contribution in [0.25, 0.3) is 0 Å². The number of nitrogens with one attached hydrogen (secondary N) is 1. The Balaban J connectivity index is 1.59. The van der Waals surface area contributed by atoms with E-state index < -0.39 is 22.1 Å². The topological polar surface area (TPSA) is 86.8 Å². The number of para-hydroxylation sites is 1. The second-order valence-corrected chi connectivity index (χ2v) is 9.56. The molecule has 2 aliphatic heterocycles. The number of benzene rings is 3. The summed E-state index contributed by atoms with van der Waals surface area (Å²) < 4.78 is 29.0. The molecule has 0 spiro atoms. The Hall–Kier alpha value is -3.49. The molecule has 1 N–H and O–H groups in total. The Morgan fingerprint density at radius 3 is 1.97 bits per heavy atom. The van der Waals surface area contributed by atoms with Crippen LogP contribution in [-0.2, 0) is 10.0 Å². The number of carbonyl (C=O) groups excluding carboxylic acids is 2. The van der Waals surface area contributed by atoms with E-state index in [-0.39, 0.29) is 29.8 Å². The maximum absolute atomic E-state index is 13.6. The van der Waals surface area contributed by atoms with Crippen molar-refractivity contribution in [2.24, 2.45) is 0 Å². The maximum Gasteiger partial charge on any atom is 0.258 e. The molecule has 1 fully saturated rings. The van der Waals surface area contributed by atoms with Crippen molar-refractivity contribution in [3.05, 3.63) is 96.1 Å². The predicted molar refractivity (Wildman–Crippen MR) is 120 cm³/mol. The summed E-state index contributed by atoms with van der Waals surface area (Å²) in [6.45, 7) is 0.387. The highest BCUT2D eigenvalue weighted by Crippen LogP contribution is 2.35. The molecule has 0 bridgehead atoms. The molecule has 0 aromatic heterocycles. The van der Waals surface area contributed by atoms with Crippen molar-refractivity contribution in [3.8, 4) is 0 Å². The zero-order valence-electron chi connectivity index (χ0n) is 17.1. The molecule has 2 unspecified atom stereocenters. The van der Waals surface area contributed by atoms with E-state index in [9.17, 15) is 18.0 Å². The van der Waals surface area contributed by atoms with Gasteiger partial charge in [-0.3, -0.25) is 9.59 Å². The molecule has 32 heavy (non-hydrogen) atoms. The third-order valence-electron chi connectivity index (χ3n) is 5.89. The number of nitrogens with zero attached hydrogens (tertiary/aromatic N) is 2. The van der Waals surface area contributed by atoms with E-state index in [1.807, 2.05) is 12.1 Å². The smallest absolute Gasteiger partial charge is 0.258 e. The molecule has 3 aromatic carbocycles. The van der Waals surface area contributed by atoms with E-state index in [1.165, 1.54) is 11.0 Å². The lowest BCUT2D eigenvalue weighted by molar-refractivity contribution is 0.0785. The van der Waals surface area contributed by atoms with Crippen molar-refractivity contribution < 1.29 is 18.0 Å². The number of anilines is 1. The summed E-state index contributed by atoms with van der Waals surface area (Å²) in [5, 5.41) is 0. The molecule has 7 nitrogen and oxygen atoms in total. The predicted octanol–water partition coefficient (Wildman–Crippen LogP) is 2.52. The first-order valence-electron chi connectivity index (χ1n) is 10.3. The zero-order valence-corrected chi connectivity index (χ0v) is 17.9. The lowest BCUT2D eigenvalue weighted by atomic mass is 10.1. The molecule has 162 valence electrons. The number of carbonyl (C=O) groups is 2. The van der Waals surface area contributed by atoms with Crippen LogP contribution in [0, 0.1) is 0 Å². The molecule has 0 saturated carbocycles. The zero-order chi connectivity index (χ0) is 22.3. The van der Waals surface area contributed by atoms with Gasteiger partial charge in [0.15, 0.2) is 0 Å². The van der Waals surface area contributed by atoms with Crippen LogP contribution in [0.5, 0.6) is 0 Å². The average Bonchev–Trinajstić information content (AvgIpc) is 3.19. The first-order chi connectivity index (χ1) is 15.5. The standard InChI is InChI=1S/C24H21N3O4S/c28-23(17-9-3-1-4-10-17)26-15-19-21(16-26)27(24(29)18-11-5-2-6-12-18)20-13-7-8-14-22(20)32(30,31)25-19/h1-14,19,21,25H,15-16H2. The van der Waals surface area contributed by atoms with E-state index in [1.54, 1.807) is 71.6 Å². The third kappa shape index (κ3) is 3.47. The van der Waals surface area contributed by atoms with E-state index in [4.69, 9.17) is 0 Å². The van der Waals surface area contributed by atoms with Crippen molar-refractivity contribution in [2.75, 3.05) is 18.0 Å². The monoisotopic (exact) mass is 447 g/mol. The van der Waals surface area contributed by atoms with Gasteiger partial charge in [-0.25, -0.2) is 13.1 Å². The summed E-state index contributed by atoms with van der Waals surface area (Å²) in [6.07, 6.45) is 0. The van der Waals surface area contributed by atoms with E-state index in [2.05, 4.69) is 4.72 Å². The maximum atomic E-state index is 13.6.